The molecule has 1 aromatic heterocycles. The van der Waals surface area contributed by atoms with Crippen molar-refractivity contribution in [3.8, 4) is 11.4 Å². The monoisotopic (exact) mass is 635 g/mol. The number of imidazole rings is 1. The van der Waals surface area contributed by atoms with Gasteiger partial charge in [-0.2, -0.15) is 0 Å². The number of rotatable bonds is 10. The van der Waals surface area contributed by atoms with E-state index in [0.29, 0.717) is 27.2 Å². The molecule has 0 aliphatic heterocycles. The lowest BCUT2D eigenvalue weighted by Crippen LogP contribution is -2.31. The lowest BCUT2D eigenvalue weighted by atomic mass is 9.81. The van der Waals surface area contributed by atoms with Crippen LogP contribution in [-0.4, -0.2) is 37.8 Å². The van der Waals surface area contributed by atoms with Gasteiger partial charge >= 0.3 is 6.09 Å². The summed E-state index contributed by atoms with van der Waals surface area (Å²) < 4.78 is 67.1. The highest BCUT2D eigenvalue weighted by Gasteiger charge is 2.30. The van der Waals surface area contributed by atoms with Crippen LogP contribution in [0, 0.1) is 11.6 Å². The third-order valence-corrected chi connectivity index (χ3v) is 9.16. The normalized spacial score (nSPS) is 11.8. The summed E-state index contributed by atoms with van der Waals surface area (Å²) in [5.74, 6) is -0.658. The van der Waals surface area contributed by atoms with Crippen molar-refractivity contribution in [1.29, 1.82) is 0 Å². The Kier molecular flexibility index (Phi) is 9.49. The zero-order valence-electron chi connectivity index (χ0n) is 23.2. The summed E-state index contributed by atoms with van der Waals surface area (Å²) in [6, 6.07) is 15.1. The van der Waals surface area contributed by atoms with Crippen LogP contribution >= 0.6 is 23.4 Å². The minimum absolute atomic E-state index is 0.0412. The average molecular weight is 636 g/mol. The van der Waals surface area contributed by atoms with Crippen LogP contribution in [0.5, 0.6) is 5.75 Å². The van der Waals surface area contributed by atoms with Gasteiger partial charge in [-0.1, -0.05) is 49.3 Å². The third kappa shape index (κ3) is 6.71. The topological polar surface area (TPSA) is 99.5 Å². The zero-order chi connectivity index (χ0) is 30.7. The van der Waals surface area contributed by atoms with Crippen LogP contribution in [0.4, 0.5) is 13.6 Å². The van der Waals surface area contributed by atoms with Crippen LogP contribution in [-0.2, 0) is 25.9 Å². The standard InChI is InChI=1S/C29H28ClF2N3O5S2/c1-5-40-28(36)34-42(37,38)25-13-6-18(14-23(25)32)17-41-27-33-16-26(35(27)21-10-8-20(31)9-11-21)29(2,3)19-7-12-22(30)24(15-19)39-4/h6-16H,5,17H2,1-4H3,(H,34,36). The molecular formula is C29H28ClF2N3O5S2. The summed E-state index contributed by atoms with van der Waals surface area (Å²) in [4.78, 5) is 15.5. The lowest BCUT2D eigenvalue weighted by Gasteiger charge is -2.28. The van der Waals surface area contributed by atoms with E-state index >= 15 is 0 Å². The van der Waals surface area contributed by atoms with Crippen molar-refractivity contribution in [1.82, 2.24) is 14.3 Å². The van der Waals surface area contributed by atoms with Gasteiger partial charge in [-0.25, -0.2) is 31.7 Å². The molecule has 1 amide bonds. The number of nitrogens with zero attached hydrogens (tertiary/aromatic N) is 2. The van der Waals surface area contributed by atoms with Gasteiger partial charge in [-0.15, -0.1) is 0 Å². The van der Waals surface area contributed by atoms with Crippen LogP contribution in [0.15, 0.2) is 76.9 Å². The highest BCUT2D eigenvalue weighted by atomic mass is 35.5. The number of nitrogens with one attached hydrogen (secondary N) is 1. The van der Waals surface area contributed by atoms with Gasteiger partial charge in [0.2, 0.25) is 0 Å². The number of sulfonamides is 1. The van der Waals surface area contributed by atoms with Gasteiger partial charge in [0, 0.05) is 16.9 Å². The van der Waals surface area contributed by atoms with Crippen LogP contribution in [0.1, 0.15) is 37.6 Å². The number of methoxy groups -OCH3 is 1. The van der Waals surface area contributed by atoms with E-state index in [4.69, 9.17) is 16.3 Å². The second kappa shape index (κ2) is 12.7. The van der Waals surface area contributed by atoms with E-state index in [1.807, 2.05) is 30.5 Å². The van der Waals surface area contributed by atoms with Crippen molar-refractivity contribution in [3.05, 3.63) is 100 Å². The average Bonchev–Trinajstić information content (AvgIpc) is 3.37. The highest BCUT2D eigenvalue weighted by Crippen LogP contribution is 2.39. The van der Waals surface area contributed by atoms with Crippen molar-refractivity contribution in [2.24, 2.45) is 0 Å². The van der Waals surface area contributed by atoms with Gasteiger partial charge in [0.25, 0.3) is 10.0 Å². The van der Waals surface area contributed by atoms with E-state index < -0.39 is 32.2 Å². The molecule has 1 N–H and O–H groups in total. The maximum absolute atomic E-state index is 14.9. The van der Waals surface area contributed by atoms with Crippen molar-refractivity contribution in [2.45, 2.75) is 42.0 Å². The SMILES string of the molecule is CCOC(=O)NS(=O)(=O)c1ccc(CSc2ncc(C(C)(C)c3ccc(Cl)c(OC)c3)n2-c2ccc(F)cc2)cc1F. The molecule has 8 nitrogen and oxygen atoms in total. The van der Waals surface area contributed by atoms with Crippen molar-refractivity contribution in [3.63, 3.8) is 0 Å². The quantitative estimate of drug-likeness (QED) is 0.190. The Balaban J connectivity index is 1.67. The fourth-order valence-electron chi connectivity index (χ4n) is 4.24. The first kappa shape index (κ1) is 31.3. The van der Waals surface area contributed by atoms with Crippen molar-refractivity contribution < 1.29 is 31.5 Å². The first-order valence-corrected chi connectivity index (χ1v) is 15.5. The Morgan fingerprint density at radius 3 is 2.45 bits per heavy atom. The van der Waals surface area contributed by atoms with Gasteiger partial charge < -0.3 is 9.47 Å². The highest BCUT2D eigenvalue weighted by molar-refractivity contribution is 7.98. The number of hydrogen-bond donors (Lipinski definition) is 1. The molecule has 0 bridgehead atoms. The smallest absolute Gasteiger partial charge is 0.421 e. The number of aromatic nitrogens is 2. The predicted molar refractivity (Wildman–Crippen MR) is 157 cm³/mol. The molecule has 4 rings (SSSR count). The molecule has 0 aliphatic rings. The molecule has 13 heteroatoms. The number of halogens is 3. The molecule has 0 atom stereocenters. The fraction of sp³-hybridized carbons (Fsp3) is 0.241. The van der Waals surface area contributed by atoms with Crippen molar-refractivity contribution in [2.75, 3.05) is 13.7 Å². The summed E-state index contributed by atoms with van der Waals surface area (Å²) in [5.41, 5.74) is 2.23. The molecule has 0 fully saturated rings. The van der Waals surface area contributed by atoms with Gasteiger partial charge in [0.1, 0.15) is 22.3 Å². The first-order chi connectivity index (χ1) is 19.9. The van der Waals surface area contributed by atoms with Crippen LogP contribution in [0.25, 0.3) is 5.69 Å². The van der Waals surface area contributed by atoms with Gasteiger partial charge in [-0.3, -0.25) is 4.57 Å². The van der Waals surface area contributed by atoms with E-state index in [2.05, 4.69) is 9.72 Å². The zero-order valence-corrected chi connectivity index (χ0v) is 25.5. The Labute approximate surface area is 252 Å². The molecule has 0 spiro atoms. The Morgan fingerprint density at radius 2 is 1.81 bits per heavy atom. The summed E-state index contributed by atoms with van der Waals surface area (Å²) >= 11 is 7.54. The van der Waals surface area contributed by atoms with E-state index in [1.54, 1.807) is 29.1 Å². The number of thioether (sulfide) groups is 1. The van der Waals surface area contributed by atoms with Crippen molar-refractivity contribution >= 4 is 39.5 Å². The first-order valence-electron chi connectivity index (χ1n) is 12.7. The molecule has 0 radical (unpaired) electrons. The van der Waals surface area contributed by atoms with Gasteiger partial charge in [0.15, 0.2) is 5.16 Å². The second-order valence-corrected chi connectivity index (χ2v) is 12.6. The van der Waals surface area contributed by atoms with Gasteiger partial charge in [-0.05, 0) is 66.6 Å². The van der Waals surface area contributed by atoms with Crippen LogP contribution in [0.3, 0.4) is 0 Å². The summed E-state index contributed by atoms with van der Waals surface area (Å²) in [5, 5.41) is 1.02. The van der Waals surface area contributed by atoms with E-state index in [9.17, 15) is 22.0 Å². The van der Waals surface area contributed by atoms with Gasteiger partial charge in [0.05, 0.1) is 30.6 Å². The molecule has 3 aromatic carbocycles. The molecule has 222 valence electrons. The van der Waals surface area contributed by atoms with Crippen LogP contribution in [0.2, 0.25) is 5.02 Å². The number of benzene rings is 3. The minimum Gasteiger partial charge on any atom is -0.495 e. The van der Waals surface area contributed by atoms with E-state index in [0.717, 1.165) is 23.4 Å². The molecule has 0 saturated carbocycles. The molecule has 1 heterocycles. The number of ether oxygens (including phenoxy) is 2. The molecule has 42 heavy (non-hydrogen) atoms. The molecule has 0 unspecified atom stereocenters. The van der Waals surface area contributed by atoms with E-state index in [1.165, 1.54) is 44.0 Å². The lowest BCUT2D eigenvalue weighted by molar-refractivity contribution is 0.158. The molecular weight excluding hydrogens is 608 g/mol. The summed E-state index contributed by atoms with van der Waals surface area (Å²) in [7, 11) is -2.92. The van der Waals surface area contributed by atoms with E-state index in [-0.39, 0.29) is 18.2 Å². The minimum atomic E-state index is -4.46. The number of hydrogen-bond acceptors (Lipinski definition) is 7. The third-order valence-electron chi connectivity index (χ3n) is 6.47. The molecule has 0 saturated heterocycles. The maximum Gasteiger partial charge on any atom is 0.421 e. The largest absolute Gasteiger partial charge is 0.495 e. The molecule has 4 aromatic rings. The summed E-state index contributed by atoms with van der Waals surface area (Å²) in [6.07, 6.45) is 0.532. The predicted octanol–water partition coefficient (Wildman–Crippen LogP) is 6.87. The second-order valence-electron chi connectivity index (χ2n) is 9.59. The Bertz CT molecular complexity index is 1710. The number of carbonyl (C=O) groups is 1. The fourth-order valence-corrected chi connectivity index (χ4v) is 6.32. The Morgan fingerprint density at radius 1 is 1.10 bits per heavy atom. The number of amides is 1. The Hall–Kier alpha value is -3.61. The molecule has 0 aliphatic carbocycles. The number of carbonyl (C=O) groups excluding carboxylic acids is 1. The van der Waals surface area contributed by atoms with Crippen LogP contribution < -0.4 is 9.46 Å². The maximum atomic E-state index is 14.9. The summed E-state index contributed by atoms with van der Waals surface area (Å²) in [6.45, 7) is 5.50.